The van der Waals surface area contributed by atoms with Crippen molar-refractivity contribution in [2.75, 3.05) is 93.6 Å². The average molecular weight is 849 g/mol. The number of amidine groups is 1. The fourth-order valence-electron chi connectivity index (χ4n) is 7.71. The van der Waals surface area contributed by atoms with Crippen LogP contribution in [0.15, 0.2) is 89.0 Å². The van der Waals surface area contributed by atoms with Crippen molar-refractivity contribution < 1.29 is 29.0 Å². The molecule has 62 heavy (non-hydrogen) atoms. The molecule has 16 heteroatoms. The molecule has 3 aromatic rings. The molecule has 4 N–H and O–H groups in total. The highest BCUT2D eigenvalue weighted by Gasteiger charge is 2.28. The van der Waals surface area contributed by atoms with Crippen molar-refractivity contribution in [1.82, 2.24) is 20.5 Å². The zero-order chi connectivity index (χ0) is 44.4. The van der Waals surface area contributed by atoms with Gasteiger partial charge in [-0.05, 0) is 86.3 Å². The van der Waals surface area contributed by atoms with E-state index < -0.39 is 18.1 Å². The number of aryl methyl sites for hydroxylation is 2. The van der Waals surface area contributed by atoms with Crippen molar-refractivity contribution in [2.24, 2.45) is 9.98 Å². The van der Waals surface area contributed by atoms with E-state index in [9.17, 15) is 24.3 Å². The molecule has 0 saturated carbocycles. The Labute approximate surface area is 364 Å². The Morgan fingerprint density at radius 3 is 2.52 bits per heavy atom. The topological polar surface area (TPSA) is 184 Å². The zero-order valence-corrected chi connectivity index (χ0v) is 36.1. The number of fused-ring (bicyclic) bond motifs is 1. The Morgan fingerprint density at radius 2 is 1.84 bits per heavy atom. The van der Waals surface area contributed by atoms with E-state index in [0.29, 0.717) is 48.9 Å². The molecule has 1 aliphatic heterocycles. The number of rotatable bonds is 23. The highest BCUT2D eigenvalue weighted by Crippen LogP contribution is 2.34. The second kappa shape index (κ2) is 23.7. The zero-order valence-electron chi connectivity index (χ0n) is 36.1. The number of carbonyl (C=O) groups is 4. The molecule has 16 nitrogen and oxygen atoms in total. The molecule has 5 rings (SSSR count). The SMILES string of the molecule is C=CCNC(=O)/C(=C/N=C)C(=Nc1ccc2c(n1)C(O)CC2)Nc1ccc(N2CCN(CCOCCCc3cccc(N(C=O)C(CCC=O)C(=O)NC)c3N(C)C)CC2)cc1. The maximum absolute atomic E-state index is 13.2. The van der Waals surface area contributed by atoms with Gasteiger partial charge in [0.1, 0.15) is 23.7 Å². The van der Waals surface area contributed by atoms with Gasteiger partial charge in [-0.2, -0.15) is 0 Å². The van der Waals surface area contributed by atoms with Crippen molar-refractivity contribution in [3.63, 3.8) is 0 Å². The number of benzene rings is 2. The van der Waals surface area contributed by atoms with Crippen LogP contribution in [0.2, 0.25) is 0 Å². The number of carbonyl (C=O) groups excluding carboxylic acids is 4. The van der Waals surface area contributed by atoms with Crippen molar-refractivity contribution in [2.45, 2.75) is 50.7 Å². The van der Waals surface area contributed by atoms with Gasteiger partial charge in [-0.15, -0.1) is 6.58 Å². The summed E-state index contributed by atoms with van der Waals surface area (Å²) in [6, 6.07) is 16.6. The van der Waals surface area contributed by atoms with E-state index in [1.165, 1.54) is 18.1 Å². The Balaban J connectivity index is 1.12. The molecule has 0 radical (unpaired) electrons. The first-order valence-corrected chi connectivity index (χ1v) is 21.0. The van der Waals surface area contributed by atoms with Gasteiger partial charge in [0.05, 0.1) is 29.8 Å². The molecule has 1 aliphatic carbocycles. The molecule has 2 unspecified atom stereocenters. The van der Waals surface area contributed by atoms with Gasteiger partial charge in [0.15, 0.2) is 5.82 Å². The number of anilines is 4. The average Bonchev–Trinajstić information content (AvgIpc) is 3.66. The third-order valence-electron chi connectivity index (χ3n) is 10.9. The summed E-state index contributed by atoms with van der Waals surface area (Å²) < 4.78 is 6.07. The summed E-state index contributed by atoms with van der Waals surface area (Å²) in [5.41, 5.74) is 6.06. The van der Waals surface area contributed by atoms with E-state index in [1.807, 2.05) is 67.5 Å². The number of aldehydes is 1. The van der Waals surface area contributed by atoms with Crippen LogP contribution in [0.4, 0.5) is 28.6 Å². The molecule has 1 saturated heterocycles. The monoisotopic (exact) mass is 848 g/mol. The van der Waals surface area contributed by atoms with Gasteiger partial charge in [-0.1, -0.05) is 24.3 Å². The lowest BCUT2D eigenvalue weighted by molar-refractivity contribution is -0.123. The van der Waals surface area contributed by atoms with Crippen LogP contribution >= 0.6 is 0 Å². The fraction of sp³-hybridized carbons (Fsp3) is 0.413. The number of aliphatic imine (C=N–C) groups is 2. The second-order valence-corrected chi connectivity index (χ2v) is 15.2. The minimum Gasteiger partial charge on any atom is -0.387 e. The summed E-state index contributed by atoms with van der Waals surface area (Å²) >= 11 is 0. The second-order valence-electron chi connectivity index (χ2n) is 15.2. The standard InChI is InChI=1S/C46H60N10O6/c1-6-22-49-45(60)37(31-47-2)44(52-41-21-15-33-14-20-40(59)42(33)51-41)50-35-16-18-36(19-17-35)55-25-23-54(24-26-55)27-30-62-29-9-11-34-10-7-12-38(43(34)53(4)5)56(32-58)39(13-8-28-57)46(61)48-3/h6-7,10,12,15-19,21,28,31-32,39-40,59H,1-2,8-9,11,13-14,20,22-27,29-30H2,3-5H3,(H,48,61)(H,49,60)(H,50,51,52)/b37-31+. The highest BCUT2D eigenvalue weighted by molar-refractivity contribution is 6.25. The summed E-state index contributed by atoms with van der Waals surface area (Å²) in [7, 11) is 5.34. The molecule has 0 bridgehead atoms. The highest BCUT2D eigenvalue weighted by atomic mass is 16.5. The Hall–Kier alpha value is -6.23. The van der Waals surface area contributed by atoms with E-state index in [2.05, 4.69) is 49.0 Å². The summed E-state index contributed by atoms with van der Waals surface area (Å²) in [5, 5.41) is 19.1. The number of para-hydroxylation sites is 1. The third-order valence-corrected chi connectivity index (χ3v) is 10.9. The molecule has 2 heterocycles. The molecule has 330 valence electrons. The number of piperazine rings is 1. The number of aliphatic hydroxyl groups is 1. The van der Waals surface area contributed by atoms with Crippen molar-refractivity contribution in [3.05, 3.63) is 95.8 Å². The number of ether oxygens (including phenoxy) is 1. The molecular formula is C46H60N10O6. The number of pyridine rings is 1. The van der Waals surface area contributed by atoms with Gasteiger partial charge in [0.25, 0.3) is 5.91 Å². The van der Waals surface area contributed by atoms with Gasteiger partial charge in [-0.3, -0.25) is 24.3 Å². The number of nitrogens with zero attached hydrogens (tertiary/aromatic N) is 7. The van der Waals surface area contributed by atoms with Crippen LogP contribution in [0.25, 0.3) is 0 Å². The van der Waals surface area contributed by atoms with E-state index in [1.54, 1.807) is 12.1 Å². The van der Waals surface area contributed by atoms with Crippen molar-refractivity contribution in [1.29, 1.82) is 0 Å². The van der Waals surface area contributed by atoms with Crippen LogP contribution in [0.5, 0.6) is 0 Å². The van der Waals surface area contributed by atoms with Gasteiger partial charge >= 0.3 is 0 Å². The van der Waals surface area contributed by atoms with Crippen molar-refractivity contribution in [3.8, 4) is 0 Å². The van der Waals surface area contributed by atoms with E-state index in [4.69, 9.17) is 9.73 Å². The van der Waals surface area contributed by atoms with Gasteiger partial charge < -0.3 is 45.3 Å². The maximum atomic E-state index is 13.2. The van der Waals surface area contributed by atoms with Gasteiger partial charge in [-0.25, -0.2) is 9.98 Å². The normalized spacial score (nSPS) is 15.9. The quantitative estimate of drug-likeness (QED) is 0.0271. The number of aliphatic hydroxyl groups excluding tert-OH is 1. The molecule has 3 amide bonds. The van der Waals surface area contributed by atoms with Crippen LogP contribution in [-0.2, 0) is 36.8 Å². The maximum Gasteiger partial charge on any atom is 0.256 e. The molecule has 1 fully saturated rings. The van der Waals surface area contributed by atoms with Gasteiger partial charge in [0.2, 0.25) is 12.3 Å². The van der Waals surface area contributed by atoms with E-state index >= 15 is 0 Å². The molecular weight excluding hydrogens is 789 g/mol. The number of aromatic nitrogens is 1. The minimum absolute atomic E-state index is 0.163. The smallest absolute Gasteiger partial charge is 0.256 e. The first-order chi connectivity index (χ1) is 30.1. The molecule has 2 atom stereocenters. The lowest BCUT2D eigenvalue weighted by atomic mass is 10.0. The number of hydrogen-bond acceptors (Lipinski definition) is 12. The van der Waals surface area contributed by atoms with Crippen LogP contribution in [-0.4, -0.2) is 132 Å². The molecule has 0 spiro atoms. The number of nitrogens with one attached hydrogen (secondary N) is 3. The summed E-state index contributed by atoms with van der Waals surface area (Å²) in [4.78, 5) is 70.7. The summed E-state index contributed by atoms with van der Waals surface area (Å²) in [6.45, 7) is 13.0. The Morgan fingerprint density at radius 1 is 1.06 bits per heavy atom. The van der Waals surface area contributed by atoms with Crippen LogP contribution in [0.1, 0.15) is 48.6 Å². The summed E-state index contributed by atoms with van der Waals surface area (Å²) in [6.07, 6.45) is 6.97. The first-order valence-electron chi connectivity index (χ1n) is 21.0. The van der Waals surface area contributed by atoms with Crippen LogP contribution in [0.3, 0.4) is 0 Å². The largest absolute Gasteiger partial charge is 0.387 e. The summed E-state index contributed by atoms with van der Waals surface area (Å²) in [5.74, 6) is -0.146. The lowest BCUT2D eigenvalue weighted by Crippen LogP contribution is -2.47. The van der Waals surface area contributed by atoms with Crippen molar-refractivity contribution >= 4 is 65.6 Å². The Bertz CT molecular complexity index is 2080. The van der Waals surface area contributed by atoms with E-state index in [0.717, 1.165) is 80.8 Å². The Kier molecular flexibility index (Phi) is 17.9. The predicted molar refractivity (Wildman–Crippen MR) is 246 cm³/mol. The van der Waals surface area contributed by atoms with Gasteiger partial charge in [0, 0.05) is 91.0 Å². The molecule has 2 aromatic carbocycles. The predicted octanol–water partition coefficient (Wildman–Crippen LogP) is 3.98. The van der Waals surface area contributed by atoms with Crippen LogP contribution in [0, 0.1) is 0 Å². The minimum atomic E-state index is -0.803. The number of amides is 3. The fourth-order valence-corrected chi connectivity index (χ4v) is 7.71. The third kappa shape index (κ3) is 12.4. The first kappa shape index (κ1) is 46.8. The lowest BCUT2D eigenvalue weighted by Gasteiger charge is -2.36. The number of likely N-dealkylation sites (N-methyl/N-ethyl adjacent to an activating group) is 1. The molecule has 1 aromatic heterocycles. The number of hydrogen-bond donors (Lipinski definition) is 4. The van der Waals surface area contributed by atoms with E-state index in [-0.39, 0.29) is 36.7 Å². The molecule has 2 aliphatic rings. The van der Waals surface area contributed by atoms with Crippen LogP contribution < -0.4 is 30.7 Å².